The number of unbranched alkanes of at least 4 members (excludes halogenated alkanes) is 1. The molecule has 1 aromatic carbocycles. The molecule has 0 bridgehead atoms. The van der Waals surface area contributed by atoms with Gasteiger partial charge in [0, 0.05) is 19.2 Å². The number of rotatable bonds is 8. The zero-order valence-electron chi connectivity index (χ0n) is 15.3. The first-order valence-corrected chi connectivity index (χ1v) is 8.44. The number of anilines is 1. The normalized spacial score (nSPS) is 11.0. The van der Waals surface area contributed by atoms with Gasteiger partial charge in [-0.1, -0.05) is 20.3 Å². The summed E-state index contributed by atoms with van der Waals surface area (Å²) in [5.41, 5.74) is 0.387. The van der Waals surface area contributed by atoms with Gasteiger partial charge in [0.1, 0.15) is 17.0 Å². The molecule has 6 nitrogen and oxygen atoms in total. The Morgan fingerprint density at radius 3 is 2.42 bits per heavy atom. The van der Waals surface area contributed by atoms with Crippen molar-refractivity contribution in [3.8, 4) is 5.75 Å². The van der Waals surface area contributed by atoms with Crippen molar-refractivity contribution in [3.05, 3.63) is 23.1 Å². The predicted octanol–water partition coefficient (Wildman–Crippen LogP) is 5.41. The van der Waals surface area contributed by atoms with Crippen LogP contribution in [0.2, 0.25) is 0 Å². The lowest BCUT2D eigenvalue weighted by Crippen LogP contribution is -2.26. The Bertz CT molecular complexity index is 552. The molecule has 0 unspecified atom stereocenters. The minimum atomic E-state index is -0.802. The Balaban J connectivity index is 2.94. The van der Waals surface area contributed by atoms with Gasteiger partial charge in [-0.05, 0) is 50.9 Å². The van der Waals surface area contributed by atoms with Gasteiger partial charge in [-0.3, -0.25) is 0 Å². The van der Waals surface area contributed by atoms with Gasteiger partial charge in [-0.15, -0.1) is 4.91 Å². The molecule has 6 heteroatoms. The van der Waals surface area contributed by atoms with Gasteiger partial charge in [-0.25, -0.2) is 4.79 Å². The van der Waals surface area contributed by atoms with Gasteiger partial charge in [0.15, 0.2) is 0 Å². The summed E-state index contributed by atoms with van der Waals surface area (Å²) in [5, 5.41) is 3.10. The van der Waals surface area contributed by atoms with E-state index in [0.717, 1.165) is 38.0 Å². The second kappa shape index (κ2) is 9.25. The number of benzene rings is 1. The van der Waals surface area contributed by atoms with E-state index in [1.165, 1.54) is 6.07 Å². The fourth-order valence-electron chi connectivity index (χ4n) is 2.25. The molecule has 0 atom stereocenters. The van der Waals surface area contributed by atoms with Crippen LogP contribution in [0.15, 0.2) is 23.4 Å². The molecule has 0 fully saturated rings. The van der Waals surface area contributed by atoms with Crippen molar-refractivity contribution in [1.82, 2.24) is 0 Å². The molecule has 0 N–H and O–H groups in total. The van der Waals surface area contributed by atoms with Crippen LogP contribution in [0.25, 0.3) is 0 Å². The number of hydrogen-bond acceptors (Lipinski definition) is 6. The van der Waals surface area contributed by atoms with Crippen LogP contribution in [0, 0.1) is 4.91 Å². The van der Waals surface area contributed by atoms with E-state index in [-0.39, 0.29) is 11.4 Å². The fourth-order valence-corrected chi connectivity index (χ4v) is 2.25. The lowest BCUT2D eigenvalue weighted by atomic mass is 10.2. The molecular formula is C18H28N2O4. The van der Waals surface area contributed by atoms with Crippen LogP contribution in [0.1, 0.15) is 53.9 Å². The van der Waals surface area contributed by atoms with E-state index in [4.69, 9.17) is 9.47 Å². The van der Waals surface area contributed by atoms with Gasteiger partial charge < -0.3 is 14.4 Å². The van der Waals surface area contributed by atoms with Crippen molar-refractivity contribution < 1.29 is 14.3 Å². The Morgan fingerprint density at radius 1 is 1.17 bits per heavy atom. The molecule has 1 rings (SSSR count). The van der Waals surface area contributed by atoms with Crippen LogP contribution in [0.3, 0.4) is 0 Å². The molecule has 0 saturated carbocycles. The molecule has 0 aliphatic heterocycles. The molecule has 134 valence electrons. The first kappa shape index (κ1) is 19.9. The van der Waals surface area contributed by atoms with E-state index < -0.39 is 11.8 Å². The number of carbonyl (C=O) groups is 1. The zero-order valence-corrected chi connectivity index (χ0v) is 15.3. The third-order valence-corrected chi connectivity index (χ3v) is 3.25. The molecule has 1 aromatic rings. The van der Waals surface area contributed by atoms with Gasteiger partial charge in [0.25, 0.3) is 0 Å². The molecular weight excluding hydrogens is 308 g/mol. The average molecular weight is 336 g/mol. The van der Waals surface area contributed by atoms with Gasteiger partial charge in [0.2, 0.25) is 0 Å². The highest BCUT2D eigenvalue weighted by molar-refractivity contribution is 5.71. The summed E-state index contributed by atoms with van der Waals surface area (Å²) < 4.78 is 10.2. The van der Waals surface area contributed by atoms with Crippen LogP contribution >= 0.6 is 0 Å². The molecule has 24 heavy (non-hydrogen) atoms. The van der Waals surface area contributed by atoms with Crippen LogP contribution in [0.5, 0.6) is 5.75 Å². The number of nitroso groups, excluding NO2 is 1. The zero-order chi connectivity index (χ0) is 18.2. The Morgan fingerprint density at radius 2 is 1.88 bits per heavy atom. The summed E-state index contributed by atoms with van der Waals surface area (Å²) in [4.78, 5) is 25.1. The van der Waals surface area contributed by atoms with E-state index >= 15 is 0 Å². The standard InChI is InChI=1S/C18H28N2O4/c1-6-8-12-20(11-7-2)16-10-9-14(13-15(16)19-22)23-17(21)24-18(3,4)5/h9-10,13H,6-8,11-12H2,1-5H3. The average Bonchev–Trinajstić information content (AvgIpc) is 2.49. The highest BCUT2D eigenvalue weighted by Gasteiger charge is 2.19. The number of carbonyl (C=O) groups excluding carboxylic acids is 1. The van der Waals surface area contributed by atoms with Crippen molar-refractivity contribution in [1.29, 1.82) is 0 Å². The first-order chi connectivity index (χ1) is 11.3. The second-order valence-corrected chi connectivity index (χ2v) is 6.65. The van der Waals surface area contributed by atoms with E-state index in [0.29, 0.717) is 0 Å². The van der Waals surface area contributed by atoms with E-state index in [1.54, 1.807) is 32.9 Å². The SMILES string of the molecule is CCCCN(CCC)c1ccc(OC(=O)OC(C)(C)C)cc1N=O. The molecule has 0 amide bonds. The van der Waals surface area contributed by atoms with Crippen LogP contribution in [0.4, 0.5) is 16.2 Å². The highest BCUT2D eigenvalue weighted by atomic mass is 16.7. The quantitative estimate of drug-likeness (QED) is 0.360. The largest absolute Gasteiger partial charge is 0.514 e. The molecule has 0 spiro atoms. The monoisotopic (exact) mass is 336 g/mol. The second-order valence-electron chi connectivity index (χ2n) is 6.65. The van der Waals surface area contributed by atoms with Gasteiger partial charge in [-0.2, -0.15) is 0 Å². The van der Waals surface area contributed by atoms with Crippen LogP contribution in [-0.4, -0.2) is 24.8 Å². The van der Waals surface area contributed by atoms with E-state index in [1.807, 2.05) is 0 Å². The maximum atomic E-state index is 11.7. The van der Waals surface area contributed by atoms with Crippen molar-refractivity contribution >= 4 is 17.5 Å². The minimum absolute atomic E-state index is 0.245. The molecule has 0 saturated heterocycles. The molecule has 0 heterocycles. The van der Waals surface area contributed by atoms with Crippen LogP contribution < -0.4 is 9.64 Å². The number of hydrogen-bond donors (Lipinski definition) is 0. The Kier molecular flexibility index (Phi) is 7.68. The van der Waals surface area contributed by atoms with Crippen molar-refractivity contribution in [3.63, 3.8) is 0 Å². The van der Waals surface area contributed by atoms with Crippen molar-refractivity contribution in [2.24, 2.45) is 5.18 Å². The van der Waals surface area contributed by atoms with Crippen molar-refractivity contribution in [2.75, 3.05) is 18.0 Å². The predicted molar refractivity (Wildman–Crippen MR) is 96.2 cm³/mol. The minimum Gasteiger partial charge on any atom is -0.428 e. The fraction of sp³-hybridized carbons (Fsp3) is 0.611. The third-order valence-electron chi connectivity index (χ3n) is 3.25. The van der Waals surface area contributed by atoms with Gasteiger partial charge >= 0.3 is 6.16 Å². The van der Waals surface area contributed by atoms with E-state index in [9.17, 15) is 9.70 Å². The highest BCUT2D eigenvalue weighted by Crippen LogP contribution is 2.33. The molecule has 0 aliphatic rings. The summed E-state index contributed by atoms with van der Waals surface area (Å²) in [6, 6.07) is 4.89. The molecule has 0 radical (unpaired) electrons. The van der Waals surface area contributed by atoms with Crippen molar-refractivity contribution in [2.45, 2.75) is 59.5 Å². The summed E-state index contributed by atoms with van der Waals surface area (Å²) >= 11 is 0. The lowest BCUT2D eigenvalue weighted by Gasteiger charge is -2.25. The maximum Gasteiger partial charge on any atom is 0.514 e. The topological polar surface area (TPSA) is 68.2 Å². The Hall–Kier alpha value is -2.11. The lowest BCUT2D eigenvalue weighted by molar-refractivity contribution is 0.0206. The summed E-state index contributed by atoms with van der Waals surface area (Å²) in [6.07, 6.45) is 2.28. The summed E-state index contributed by atoms with van der Waals surface area (Å²) in [6.45, 7) is 11.2. The van der Waals surface area contributed by atoms with Crippen LogP contribution in [-0.2, 0) is 4.74 Å². The maximum absolute atomic E-state index is 11.7. The number of nitrogens with zero attached hydrogens (tertiary/aromatic N) is 2. The third kappa shape index (κ3) is 6.56. The first-order valence-electron chi connectivity index (χ1n) is 8.44. The smallest absolute Gasteiger partial charge is 0.428 e. The summed E-state index contributed by atoms with van der Waals surface area (Å²) in [7, 11) is 0. The van der Waals surface area contributed by atoms with E-state index in [2.05, 4.69) is 23.9 Å². The number of ether oxygens (including phenoxy) is 2. The Labute approximate surface area is 144 Å². The summed E-state index contributed by atoms with van der Waals surface area (Å²) in [5.74, 6) is 0.245. The molecule has 0 aromatic heterocycles. The molecule has 0 aliphatic carbocycles. The van der Waals surface area contributed by atoms with Gasteiger partial charge in [0.05, 0.1) is 5.69 Å².